The number of rotatable bonds is 6. The minimum atomic E-state index is -0.549. The van der Waals surface area contributed by atoms with Crippen LogP contribution in [0.2, 0.25) is 5.02 Å². The van der Waals surface area contributed by atoms with Gasteiger partial charge in [-0.1, -0.05) is 24.9 Å². The summed E-state index contributed by atoms with van der Waals surface area (Å²) in [5.74, 6) is 0.533. The van der Waals surface area contributed by atoms with E-state index in [0.717, 1.165) is 34.8 Å². The van der Waals surface area contributed by atoms with Crippen molar-refractivity contribution < 1.29 is 13.9 Å². The Balaban J connectivity index is 1.80. The number of furan rings is 1. The molecule has 3 aromatic rings. The van der Waals surface area contributed by atoms with E-state index in [-0.39, 0.29) is 5.91 Å². The topological polar surface area (TPSA) is 51.5 Å². The molecule has 4 nitrogen and oxygen atoms in total. The Labute approximate surface area is 145 Å². The van der Waals surface area contributed by atoms with Gasteiger partial charge in [-0.15, -0.1) is 0 Å². The third-order valence-corrected chi connectivity index (χ3v) is 4.15. The van der Waals surface area contributed by atoms with Gasteiger partial charge in [0.2, 0.25) is 0 Å². The molecule has 0 aliphatic rings. The number of ether oxygens (including phenoxy) is 1. The van der Waals surface area contributed by atoms with Gasteiger partial charge in [0.1, 0.15) is 16.9 Å². The Morgan fingerprint density at radius 3 is 2.83 bits per heavy atom. The first-order chi connectivity index (χ1) is 11.6. The molecular weight excluding hydrogens is 326 g/mol. The average Bonchev–Trinajstić information content (AvgIpc) is 2.91. The van der Waals surface area contributed by atoms with Crippen molar-refractivity contribution >= 4 is 39.4 Å². The molecule has 0 aliphatic heterocycles. The fraction of sp³-hybridized carbons (Fsp3) is 0.316. The summed E-state index contributed by atoms with van der Waals surface area (Å²) < 4.78 is 11.6. The lowest BCUT2D eigenvalue weighted by Gasteiger charge is -2.14. The maximum Gasteiger partial charge on any atom is 0.260 e. The summed E-state index contributed by atoms with van der Waals surface area (Å²) in [4.78, 5) is 12.0. The first-order valence-electron chi connectivity index (χ1n) is 8.14. The maximum atomic E-state index is 12.0. The molecule has 126 valence electrons. The summed E-state index contributed by atoms with van der Waals surface area (Å²) in [7, 11) is 0. The summed E-state index contributed by atoms with van der Waals surface area (Å²) in [6.07, 6.45) is 1.46. The van der Waals surface area contributed by atoms with Gasteiger partial charge in [0.15, 0.2) is 6.10 Å². The number of benzene rings is 2. The number of hydrogen-bond acceptors (Lipinski definition) is 3. The lowest BCUT2D eigenvalue weighted by atomic mass is 10.1. The molecule has 1 aromatic heterocycles. The minimum absolute atomic E-state index is 0.104. The Bertz CT molecular complexity index is 872. The molecule has 1 atom stereocenters. The summed E-state index contributed by atoms with van der Waals surface area (Å²) in [5.41, 5.74) is 1.50. The average molecular weight is 346 g/mol. The number of hydrogen-bond donors (Lipinski definition) is 1. The maximum absolute atomic E-state index is 12.0. The zero-order valence-electron chi connectivity index (χ0n) is 13.8. The number of unbranched alkanes of at least 4 members (excludes halogenated alkanes) is 1. The zero-order chi connectivity index (χ0) is 17.1. The first kappa shape index (κ1) is 16.7. The van der Waals surface area contributed by atoms with Crippen molar-refractivity contribution in [2.24, 2.45) is 0 Å². The highest BCUT2D eigenvalue weighted by Gasteiger charge is 2.15. The van der Waals surface area contributed by atoms with E-state index in [2.05, 4.69) is 12.2 Å². The highest BCUT2D eigenvalue weighted by Crippen LogP contribution is 2.33. The van der Waals surface area contributed by atoms with Crippen LogP contribution in [0.3, 0.4) is 0 Å². The van der Waals surface area contributed by atoms with Crippen molar-refractivity contribution in [3.8, 4) is 5.75 Å². The van der Waals surface area contributed by atoms with Crippen LogP contribution in [0.4, 0.5) is 0 Å². The van der Waals surface area contributed by atoms with Crippen LogP contribution in [0, 0.1) is 0 Å². The highest BCUT2D eigenvalue weighted by molar-refractivity contribution is 6.31. The molecule has 3 rings (SSSR count). The molecule has 0 spiro atoms. The van der Waals surface area contributed by atoms with Gasteiger partial charge >= 0.3 is 0 Å². The summed E-state index contributed by atoms with van der Waals surface area (Å²) in [6.45, 7) is 4.51. The van der Waals surface area contributed by atoms with E-state index in [0.29, 0.717) is 17.3 Å². The van der Waals surface area contributed by atoms with Gasteiger partial charge in [0.25, 0.3) is 5.91 Å². The largest absolute Gasteiger partial charge is 0.481 e. The van der Waals surface area contributed by atoms with E-state index >= 15 is 0 Å². The van der Waals surface area contributed by atoms with Crippen molar-refractivity contribution in [2.45, 2.75) is 32.8 Å². The normalized spacial score (nSPS) is 12.5. The monoisotopic (exact) mass is 345 g/mol. The Morgan fingerprint density at radius 1 is 1.21 bits per heavy atom. The third kappa shape index (κ3) is 3.49. The Hall–Kier alpha value is -2.20. The number of nitrogens with one attached hydrogen (secondary N) is 1. The SMILES string of the molecule is CCCCNC(=O)C(C)Oc1ccc2oc3cc(Cl)ccc3c2c1. The summed E-state index contributed by atoms with van der Waals surface area (Å²) in [5, 5.41) is 5.42. The summed E-state index contributed by atoms with van der Waals surface area (Å²) in [6, 6.07) is 11.1. The molecule has 1 heterocycles. The standard InChI is InChI=1S/C19H20ClNO3/c1-3-4-9-21-19(22)12(2)23-14-6-8-17-16(11-14)15-7-5-13(20)10-18(15)24-17/h5-8,10-12H,3-4,9H2,1-2H3,(H,21,22). The molecule has 24 heavy (non-hydrogen) atoms. The number of carbonyl (C=O) groups is 1. The van der Waals surface area contributed by atoms with E-state index in [1.807, 2.05) is 30.3 Å². The quantitative estimate of drug-likeness (QED) is 0.645. The second kappa shape index (κ2) is 7.14. The number of fused-ring (bicyclic) bond motifs is 3. The molecule has 1 unspecified atom stereocenters. The van der Waals surface area contributed by atoms with Crippen molar-refractivity contribution in [1.29, 1.82) is 0 Å². The van der Waals surface area contributed by atoms with Crippen LogP contribution in [0.25, 0.3) is 21.9 Å². The van der Waals surface area contributed by atoms with Crippen LogP contribution >= 0.6 is 11.6 Å². The van der Waals surface area contributed by atoms with Gasteiger partial charge in [0.05, 0.1) is 0 Å². The predicted molar refractivity (Wildman–Crippen MR) is 96.7 cm³/mol. The van der Waals surface area contributed by atoms with E-state index in [1.165, 1.54) is 0 Å². The Morgan fingerprint density at radius 2 is 2.04 bits per heavy atom. The van der Waals surface area contributed by atoms with Crippen molar-refractivity contribution in [3.05, 3.63) is 41.4 Å². The lowest BCUT2D eigenvalue weighted by Crippen LogP contribution is -2.36. The second-order valence-corrected chi connectivity index (χ2v) is 6.24. The smallest absolute Gasteiger partial charge is 0.260 e. The van der Waals surface area contributed by atoms with Gasteiger partial charge < -0.3 is 14.5 Å². The molecule has 2 aromatic carbocycles. The predicted octanol–water partition coefficient (Wildman–Crippen LogP) is 4.92. The van der Waals surface area contributed by atoms with Gasteiger partial charge in [-0.2, -0.15) is 0 Å². The molecule has 0 radical (unpaired) electrons. The summed E-state index contributed by atoms with van der Waals surface area (Å²) >= 11 is 6.00. The van der Waals surface area contributed by atoms with E-state index in [4.69, 9.17) is 20.8 Å². The molecule has 5 heteroatoms. The van der Waals surface area contributed by atoms with Crippen LogP contribution in [-0.4, -0.2) is 18.6 Å². The van der Waals surface area contributed by atoms with Crippen LogP contribution in [0.15, 0.2) is 40.8 Å². The van der Waals surface area contributed by atoms with E-state index < -0.39 is 6.10 Å². The fourth-order valence-corrected chi connectivity index (χ4v) is 2.76. The molecule has 1 amide bonds. The fourth-order valence-electron chi connectivity index (χ4n) is 2.59. The minimum Gasteiger partial charge on any atom is -0.481 e. The molecule has 0 saturated carbocycles. The second-order valence-electron chi connectivity index (χ2n) is 5.81. The zero-order valence-corrected chi connectivity index (χ0v) is 14.5. The van der Waals surface area contributed by atoms with Crippen LogP contribution < -0.4 is 10.1 Å². The van der Waals surface area contributed by atoms with Crippen LogP contribution in [0.1, 0.15) is 26.7 Å². The molecule has 0 fully saturated rings. The van der Waals surface area contributed by atoms with Crippen molar-refractivity contribution in [3.63, 3.8) is 0 Å². The molecule has 1 N–H and O–H groups in total. The lowest BCUT2D eigenvalue weighted by molar-refractivity contribution is -0.127. The van der Waals surface area contributed by atoms with Crippen LogP contribution in [0.5, 0.6) is 5.75 Å². The third-order valence-electron chi connectivity index (χ3n) is 3.92. The molecule has 0 saturated heterocycles. The highest BCUT2D eigenvalue weighted by atomic mass is 35.5. The van der Waals surface area contributed by atoms with Gasteiger partial charge in [-0.3, -0.25) is 4.79 Å². The van der Waals surface area contributed by atoms with E-state index in [1.54, 1.807) is 13.0 Å². The van der Waals surface area contributed by atoms with Gasteiger partial charge in [-0.25, -0.2) is 0 Å². The molecule has 0 aliphatic carbocycles. The Kier molecular flexibility index (Phi) is 4.95. The number of halogens is 1. The molecule has 0 bridgehead atoms. The van der Waals surface area contributed by atoms with Crippen molar-refractivity contribution in [1.82, 2.24) is 5.32 Å². The first-order valence-corrected chi connectivity index (χ1v) is 8.52. The van der Waals surface area contributed by atoms with Crippen molar-refractivity contribution in [2.75, 3.05) is 6.54 Å². The molecular formula is C19H20ClNO3. The van der Waals surface area contributed by atoms with Gasteiger partial charge in [-0.05, 0) is 43.7 Å². The number of carbonyl (C=O) groups excluding carboxylic acids is 1. The van der Waals surface area contributed by atoms with Gasteiger partial charge in [0, 0.05) is 28.4 Å². The van der Waals surface area contributed by atoms with E-state index in [9.17, 15) is 4.79 Å². The van der Waals surface area contributed by atoms with Crippen LogP contribution in [-0.2, 0) is 4.79 Å². The number of amides is 1.